The third-order valence-electron chi connectivity index (χ3n) is 10.2. The van der Waals surface area contributed by atoms with Crippen molar-refractivity contribution in [2.75, 3.05) is 54.1 Å². The zero-order chi connectivity index (χ0) is 39.1. The van der Waals surface area contributed by atoms with Crippen LogP contribution in [0.4, 0.5) is 0 Å². The molecule has 0 aliphatic rings. The maximum absolute atomic E-state index is 12.7. The lowest BCUT2D eigenvalue weighted by Gasteiger charge is -2.24. The molecule has 9 heteroatoms. The van der Waals surface area contributed by atoms with Crippen LogP contribution in [0.2, 0.25) is 0 Å². The van der Waals surface area contributed by atoms with E-state index in [2.05, 4.69) is 13.8 Å². The smallest absolute Gasteiger partial charge is 0.457 e. The predicted molar refractivity (Wildman–Crippen MR) is 224 cm³/mol. The van der Waals surface area contributed by atoms with E-state index in [4.69, 9.17) is 18.5 Å². The summed E-state index contributed by atoms with van der Waals surface area (Å²) in [6.07, 6.45) is 39.8. The highest BCUT2D eigenvalue weighted by Crippen LogP contribution is 2.43. The summed E-state index contributed by atoms with van der Waals surface area (Å²) >= 11 is 0. The van der Waals surface area contributed by atoms with Crippen LogP contribution in [-0.2, 0) is 27.9 Å². The van der Waals surface area contributed by atoms with Crippen LogP contribution in [0.5, 0.6) is 0 Å². The first-order valence-corrected chi connectivity index (χ1v) is 24.3. The van der Waals surface area contributed by atoms with Crippen molar-refractivity contribution in [1.82, 2.24) is 0 Å². The van der Waals surface area contributed by atoms with Gasteiger partial charge in [0.1, 0.15) is 19.3 Å². The van der Waals surface area contributed by atoms with Crippen molar-refractivity contribution in [3.63, 3.8) is 0 Å². The minimum atomic E-state index is -4.26. The summed E-state index contributed by atoms with van der Waals surface area (Å²) in [4.78, 5) is 22.9. The molecule has 0 bridgehead atoms. The monoisotopic (exact) mass is 777 g/mol. The number of nitrogens with zero attached hydrogens (tertiary/aromatic N) is 1. The maximum atomic E-state index is 12.7. The molecule has 0 fully saturated rings. The Bertz CT molecular complexity index is 822. The highest BCUT2D eigenvalue weighted by molar-refractivity contribution is 7.47. The number of phosphoric ester groups is 1. The Balaban J connectivity index is 4.17. The van der Waals surface area contributed by atoms with Crippen molar-refractivity contribution in [3.8, 4) is 0 Å². The quantitative estimate of drug-likeness (QED) is 0.0285. The number of phosphoric acid groups is 1. The van der Waals surface area contributed by atoms with E-state index < -0.39 is 13.9 Å². The van der Waals surface area contributed by atoms with E-state index in [0.29, 0.717) is 24.1 Å². The molecule has 53 heavy (non-hydrogen) atoms. The van der Waals surface area contributed by atoms with Gasteiger partial charge in [0, 0.05) is 13.0 Å². The second-order valence-electron chi connectivity index (χ2n) is 16.8. The number of carbonyl (C=O) groups excluding carboxylic acids is 1. The van der Waals surface area contributed by atoms with Crippen molar-refractivity contribution in [2.45, 2.75) is 225 Å². The molecule has 0 aromatic heterocycles. The topological polar surface area (TPSA) is 91.3 Å². The number of hydrogen-bond donors (Lipinski definition) is 1. The summed E-state index contributed by atoms with van der Waals surface area (Å²) < 4.78 is 35.0. The van der Waals surface area contributed by atoms with Crippen LogP contribution in [-0.4, -0.2) is 75.6 Å². The average molecular weight is 777 g/mol. The van der Waals surface area contributed by atoms with Gasteiger partial charge < -0.3 is 18.9 Å². The molecule has 0 rings (SSSR count). The lowest BCUT2D eigenvalue weighted by atomic mass is 10.0. The molecule has 0 heterocycles. The maximum Gasteiger partial charge on any atom is 0.472 e. The zero-order valence-corrected chi connectivity index (χ0v) is 36.9. The first kappa shape index (κ1) is 52.5. The highest BCUT2D eigenvalue weighted by Gasteiger charge is 2.26. The van der Waals surface area contributed by atoms with Crippen LogP contribution >= 0.6 is 7.82 Å². The summed E-state index contributed by atoms with van der Waals surface area (Å²) in [6.45, 7) is 5.68. The lowest BCUT2D eigenvalue weighted by Crippen LogP contribution is -2.37. The Morgan fingerprint density at radius 2 is 0.868 bits per heavy atom. The number of quaternary nitrogens is 1. The van der Waals surface area contributed by atoms with Gasteiger partial charge in [-0.1, -0.05) is 200 Å². The molecular formula is C44H91NO7P+. The van der Waals surface area contributed by atoms with E-state index in [-0.39, 0.29) is 25.8 Å². The Morgan fingerprint density at radius 3 is 1.25 bits per heavy atom. The zero-order valence-electron chi connectivity index (χ0n) is 36.0. The Labute approximate surface area is 329 Å². The number of rotatable bonds is 43. The molecule has 0 radical (unpaired) electrons. The molecule has 8 nitrogen and oxygen atoms in total. The van der Waals surface area contributed by atoms with Crippen molar-refractivity contribution < 1.29 is 37.3 Å². The lowest BCUT2D eigenvalue weighted by molar-refractivity contribution is -0.870. The van der Waals surface area contributed by atoms with E-state index in [1.807, 2.05) is 21.1 Å². The fourth-order valence-corrected chi connectivity index (χ4v) is 7.35. The van der Waals surface area contributed by atoms with Crippen LogP contribution in [0.1, 0.15) is 219 Å². The molecule has 0 spiro atoms. The van der Waals surface area contributed by atoms with E-state index >= 15 is 0 Å². The van der Waals surface area contributed by atoms with Gasteiger partial charge in [0.2, 0.25) is 0 Å². The summed E-state index contributed by atoms with van der Waals surface area (Å²) in [7, 11) is 1.69. The van der Waals surface area contributed by atoms with Crippen LogP contribution in [0.3, 0.4) is 0 Å². The van der Waals surface area contributed by atoms with Crippen LogP contribution < -0.4 is 0 Å². The molecule has 0 saturated heterocycles. The summed E-state index contributed by atoms with van der Waals surface area (Å²) in [5, 5.41) is 0. The highest BCUT2D eigenvalue weighted by atomic mass is 31.2. The first-order chi connectivity index (χ1) is 25.6. The number of ether oxygens (including phenoxy) is 2. The molecule has 318 valence electrons. The second kappa shape index (κ2) is 38.4. The Kier molecular flexibility index (Phi) is 38.0. The minimum Gasteiger partial charge on any atom is -0.457 e. The Morgan fingerprint density at radius 1 is 0.509 bits per heavy atom. The normalized spacial score (nSPS) is 13.7. The fraction of sp³-hybridized carbons (Fsp3) is 0.977. The molecule has 2 atom stereocenters. The standard InChI is InChI=1S/C44H90NO7P/c1-6-8-10-12-14-16-18-20-22-24-26-28-30-32-34-36-39-49-41-43(42-51-53(47,48)50-40-38-45(3,4)5)52-44(46)37-35-33-31-29-27-25-23-21-19-17-15-13-11-9-7-2/h43H,6-42H2,1-5H3/p+1. The van der Waals surface area contributed by atoms with E-state index in [1.165, 1.54) is 167 Å². The van der Waals surface area contributed by atoms with Gasteiger partial charge in [0.25, 0.3) is 0 Å². The summed E-state index contributed by atoms with van der Waals surface area (Å²) in [6, 6.07) is 0. The summed E-state index contributed by atoms with van der Waals surface area (Å²) in [5.74, 6) is -0.307. The van der Waals surface area contributed by atoms with Crippen molar-refractivity contribution in [2.24, 2.45) is 0 Å². The Hall–Kier alpha value is -0.500. The van der Waals surface area contributed by atoms with Gasteiger partial charge in [-0.25, -0.2) is 4.57 Å². The van der Waals surface area contributed by atoms with Crippen molar-refractivity contribution in [1.29, 1.82) is 0 Å². The number of esters is 1. The molecule has 2 unspecified atom stereocenters. The van der Waals surface area contributed by atoms with Gasteiger partial charge in [0.05, 0.1) is 34.4 Å². The third kappa shape index (κ3) is 42.5. The van der Waals surface area contributed by atoms with E-state index in [0.717, 1.165) is 32.1 Å². The molecule has 0 aliphatic heterocycles. The van der Waals surface area contributed by atoms with Gasteiger partial charge in [-0.15, -0.1) is 0 Å². The number of carbonyl (C=O) groups is 1. The molecule has 0 aromatic rings. The molecular weight excluding hydrogens is 685 g/mol. The number of unbranched alkanes of at least 4 members (excludes halogenated alkanes) is 29. The summed E-state index contributed by atoms with van der Waals surface area (Å²) in [5.41, 5.74) is 0. The number of likely N-dealkylation sites (N-methyl/N-ethyl adjacent to an activating group) is 1. The van der Waals surface area contributed by atoms with Gasteiger partial charge in [0.15, 0.2) is 0 Å². The largest absolute Gasteiger partial charge is 0.472 e. The first-order valence-electron chi connectivity index (χ1n) is 22.8. The van der Waals surface area contributed by atoms with Gasteiger partial charge >= 0.3 is 13.8 Å². The van der Waals surface area contributed by atoms with E-state index in [1.54, 1.807) is 0 Å². The van der Waals surface area contributed by atoms with Crippen LogP contribution in [0.25, 0.3) is 0 Å². The predicted octanol–water partition coefficient (Wildman–Crippen LogP) is 13.3. The fourth-order valence-electron chi connectivity index (χ4n) is 6.61. The van der Waals surface area contributed by atoms with Gasteiger partial charge in [-0.3, -0.25) is 13.8 Å². The average Bonchev–Trinajstić information content (AvgIpc) is 3.11. The van der Waals surface area contributed by atoms with Crippen molar-refractivity contribution in [3.05, 3.63) is 0 Å². The van der Waals surface area contributed by atoms with Gasteiger partial charge in [-0.2, -0.15) is 0 Å². The molecule has 0 saturated carbocycles. The number of hydrogen-bond acceptors (Lipinski definition) is 6. The minimum absolute atomic E-state index is 0.0939. The SMILES string of the molecule is CCCCCCCCCCCCCCCCCCOCC(COP(=O)(O)OCC[N+](C)(C)C)OC(=O)CCCCCCCCCCCCCCCCC. The molecule has 0 amide bonds. The molecule has 0 aliphatic carbocycles. The molecule has 1 N–H and O–H groups in total. The van der Waals surface area contributed by atoms with Crippen LogP contribution in [0.15, 0.2) is 0 Å². The van der Waals surface area contributed by atoms with Gasteiger partial charge in [-0.05, 0) is 12.8 Å². The van der Waals surface area contributed by atoms with Crippen LogP contribution in [0, 0.1) is 0 Å². The third-order valence-corrected chi connectivity index (χ3v) is 11.2. The molecule has 0 aromatic carbocycles. The second-order valence-corrected chi connectivity index (χ2v) is 18.3. The van der Waals surface area contributed by atoms with Crippen molar-refractivity contribution >= 4 is 13.8 Å². The van der Waals surface area contributed by atoms with E-state index in [9.17, 15) is 14.3 Å².